The summed E-state index contributed by atoms with van der Waals surface area (Å²) in [5.74, 6) is 1.55. The van der Waals surface area contributed by atoms with Gasteiger partial charge < -0.3 is 19.3 Å². The van der Waals surface area contributed by atoms with Crippen LogP contribution in [-0.4, -0.2) is 47.8 Å². The molecule has 0 fully saturated rings. The van der Waals surface area contributed by atoms with Crippen molar-refractivity contribution in [1.82, 2.24) is 24.6 Å². The highest BCUT2D eigenvalue weighted by Crippen LogP contribution is 2.43. The van der Waals surface area contributed by atoms with Crippen molar-refractivity contribution < 1.29 is 14.6 Å². The number of phenols is 1. The molecule has 1 aromatic carbocycles. The van der Waals surface area contributed by atoms with Crippen molar-refractivity contribution in [3.8, 4) is 22.9 Å². The summed E-state index contributed by atoms with van der Waals surface area (Å²) in [6.45, 7) is 5.33. The molecule has 4 heterocycles. The Morgan fingerprint density at radius 1 is 1.21 bits per heavy atom. The van der Waals surface area contributed by atoms with Crippen molar-refractivity contribution in [3.63, 3.8) is 0 Å². The summed E-state index contributed by atoms with van der Waals surface area (Å²) in [4.78, 5) is 18.9. The molecule has 3 aromatic rings. The molecule has 0 saturated carbocycles. The molecule has 0 unspecified atom stereocenters. The number of carbonyl (C=O) groups excluding carboxylic acids is 1. The van der Waals surface area contributed by atoms with E-state index < -0.39 is 0 Å². The Bertz CT molecular complexity index is 1110. The predicted octanol–water partition coefficient (Wildman–Crippen LogP) is 2.42. The summed E-state index contributed by atoms with van der Waals surface area (Å²) in [5, 5.41) is 19.2. The van der Waals surface area contributed by atoms with Crippen LogP contribution in [0.3, 0.4) is 0 Å². The molecule has 1 amide bonds. The maximum atomic E-state index is 13.1. The molecule has 29 heavy (non-hydrogen) atoms. The number of amides is 1. The average molecular weight is 391 g/mol. The van der Waals surface area contributed by atoms with Gasteiger partial charge in [-0.3, -0.25) is 9.78 Å². The molecule has 8 heteroatoms. The highest BCUT2D eigenvalue weighted by Gasteiger charge is 2.35. The van der Waals surface area contributed by atoms with Crippen molar-refractivity contribution in [3.05, 3.63) is 53.6 Å². The van der Waals surface area contributed by atoms with Crippen LogP contribution in [0.5, 0.6) is 11.5 Å². The van der Waals surface area contributed by atoms with E-state index in [2.05, 4.69) is 15.2 Å². The van der Waals surface area contributed by atoms with Crippen molar-refractivity contribution >= 4 is 5.91 Å². The van der Waals surface area contributed by atoms with Crippen LogP contribution in [0.15, 0.2) is 36.7 Å². The monoisotopic (exact) mass is 391 g/mol. The summed E-state index contributed by atoms with van der Waals surface area (Å²) >= 11 is 0. The molecule has 2 aliphatic heterocycles. The molecule has 2 aliphatic rings. The number of aromatic hydroxyl groups is 1. The highest BCUT2D eigenvalue weighted by atomic mass is 16.5. The highest BCUT2D eigenvalue weighted by molar-refractivity contribution is 5.98. The topological polar surface area (TPSA) is 93.4 Å². The number of hydrogen-bond acceptors (Lipinski definition) is 6. The van der Waals surface area contributed by atoms with Gasteiger partial charge >= 0.3 is 0 Å². The Kier molecular flexibility index (Phi) is 3.84. The Morgan fingerprint density at radius 3 is 2.86 bits per heavy atom. The van der Waals surface area contributed by atoms with E-state index in [1.165, 1.54) is 0 Å². The fraction of sp³-hybridized carbons (Fsp3) is 0.333. The largest absolute Gasteiger partial charge is 0.504 e. The molecular weight excluding hydrogens is 370 g/mol. The number of carbonyl (C=O) groups is 1. The molecule has 0 atom stereocenters. The van der Waals surface area contributed by atoms with Crippen molar-refractivity contribution in [2.75, 3.05) is 6.54 Å². The minimum absolute atomic E-state index is 0.0823. The first kappa shape index (κ1) is 17.7. The molecule has 1 N–H and O–H groups in total. The molecule has 5 rings (SSSR count). The van der Waals surface area contributed by atoms with E-state index >= 15 is 0 Å². The van der Waals surface area contributed by atoms with Crippen molar-refractivity contribution in [1.29, 1.82) is 0 Å². The van der Waals surface area contributed by atoms with Crippen LogP contribution in [0, 0.1) is 0 Å². The zero-order valence-electron chi connectivity index (χ0n) is 16.3. The second-order valence-corrected chi connectivity index (χ2v) is 8.05. The van der Waals surface area contributed by atoms with Gasteiger partial charge in [-0.05, 0) is 32.0 Å². The molecule has 0 spiro atoms. The zero-order chi connectivity index (χ0) is 20.2. The number of benzene rings is 1. The predicted molar refractivity (Wildman–Crippen MR) is 105 cm³/mol. The van der Waals surface area contributed by atoms with Crippen LogP contribution in [0.1, 0.15) is 35.6 Å². The van der Waals surface area contributed by atoms with Gasteiger partial charge in [0.1, 0.15) is 5.60 Å². The maximum absolute atomic E-state index is 13.1. The standard InChI is InChI=1S/C21H21N5O3/c1-21(2)10-13-5-6-15(17(27)18(13)29-21)20(28)25-8-9-26-16(12-25)23-24-19(26)14-4-3-7-22-11-14/h3-7,11,27H,8-10,12H2,1-2H3. The van der Waals surface area contributed by atoms with Crippen LogP contribution in [0.4, 0.5) is 0 Å². The van der Waals surface area contributed by atoms with Gasteiger partial charge in [-0.2, -0.15) is 0 Å². The van der Waals surface area contributed by atoms with Gasteiger partial charge in [0, 0.05) is 43.0 Å². The average Bonchev–Trinajstić information content (AvgIpc) is 3.28. The lowest BCUT2D eigenvalue weighted by Crippen LogP contribution is -2.38. The molecule has 0 bridgehead atoms. The number of ether oxygens (including phenoxy) is 1. The summed E-state index contributed by atoms with van der Waals surface area (Å²) in [6.07, 6.45) is 4.17. The second kappa shape index (κ2) is 6.30. The van der Waals surface area contributed by atoms with Gasteiger partial charge in [0.25, 0.3) is 5.91 Å². The number of pyridine rings is 1. The summed E-state index contributed by atoms with van der Waals surface area (Å²) in [5.41, 5.74) is 1.68. The van der Waals surface area contributed by atoms with Gasteiger partial charge in [0.15, 0.2) is 23.1 Å². The van der Waals surface area contributed by atoms with E-state index in [1.54, 1.807) is 23.4 Å². The van der Waals surface area contributed by atoms with Crippen molar-refractivity contribution in [2.24, 2.45) is 0 Å². The summed E-state index contributed by atoms with van der Waals surface area (Å²) < 4.78 is 7.87. The third-order valence-corrected chi connectivity index (χ3v) is 5.40. The molecule has 0 saturated heterocycles. The lowest BCUT2D eigenvalue weighted by Gasteiger charge is -2.28. The van der Waals surface area contributed by atoms with E-state index in [0.717, 1.165) is 17.0 Å². The number of hydrogen-bond donors (Lipinski definition) is 1. The van der Waals surface area contributed by atoms with E-state index in [0.29, 0.717) is 37.6 Å². The molecule has 148 valence electrons. The van der Waals surface area contributed by atoms with Crippen molar-refractivity contribution in [2.45, 2.75) is 39.0 Å². The third-order valence-electron chi connectivity index (χ3n) is 5.40. The van der Waals surface area contributed by atoms with E-state index in [1.807, 2.05) is 36.6 Å². The van der Waals surface area contributed by atoms with Gasteiger partial charge in [0.05, 0.1) is 12.1 Å². The Morgan fingerprint density at radius 2 is 2.07 bits per heavy atom. The lowest BCUT2D eigenvalue weighted by molar-refractivity contribution is 0.0702. The molecule has 2 aromatic heterocycles. The van der Waals surface area contributed by atoms with Crippen LogP contribution < -0.4 is 4.74 Å². The Balaban J connectivity index is 1.41. The van der Waals surface area contributed by atoms with Gasteiger partial charge in [0.2, 0.25) is 0 Å². The molecule has 8 nitrogen and oxygen atoms in total. The second-order valence-electron chi connectivity index (χ2n) is 8.05. The first-order valence-electron chi connectivity index (χ1n) is 9.58. The van der Waals surface area contributed by atoms with E-state index in [4.69, 9.17) is 4.74 Å². The fourth-order valence-corrected chi connectivity index (χ4v) is 4.02. The first-order chi connectivity index (χ1) is 13.9. The Hall–Kier alpha value is -3.42. The molecule has 0 aliphatic carbocycles. The quantitative estimate of drug-likeness (QED) is 0.721. The minimum atomic E-state index is -0.383. The van der Waals surface area contributed by atoms with E-state index in [-0.39, 0.29) is 22.8 Å². The van der Waals surface area contributed by atoms with Gasteiger partial charge in [-0.15, -0.1) is 10.2 Å². The first-order valence-corrected chi connectivity index (χ1v) is 9.58. The fourth-order valence-electron chi connectivity index (χ4n) is 4.02. The molecule has 0 radical (unpaired) electrons. The smallest absolute Gasteiger partial charge is 0.258 e. The molecular formula is C21H21N5O3. The van der Waals surface area contributed by atoms with Gasteiger partial charge in [-0.25, -0.2) is 0 Å². The Labute approximate surface area is 167 Å². The van der Waals surface area contributed by atoms with Crippen LogP contribution in [0.2, 0.25) is 0 Å². The lowest BCUT2D eigenvalue weighted by atomic mass is 10.00. The van der Waals surface area contributed by atoms with E-state index in [9.17, 15) is 9.90 Å². The SMILES string of the molecule is CC1(C)Cc2ccc(C(=O)N3CCn4c(nnc4-c4cccnc4)C3)c(O)c2O1. The summed E-state index contributed by atoms with van der Waals surface area (Å²) in [6, 6.07) is 7.34. The number of fused-ring (bicyclic) bond motifs is 2. The minimum Gasteiger partial charge on any atom is -0.504 e. The maximum Gasteiger partial charge on any atom is 0.258 e. The number of rotatable bonds is 2. The number of aromatic nitrogens is 4. The zero-order valence-corrected chi connectivity index (χ0v) is 16.3. The number of phenolic OH excluding ortho intramolecular Hbond substituents is 1. The van der Waals surface area contributed by atoms with Gasteiger partial charge in [-0.1, -0.05) is 6.07 Å². The number of nitrogens with zero attached hydrogens (tertiary/aromatic N) is 5. The van der Waals surface area contributed by atoms with Crippen LogP contribution in [0.25, 0.3) is 11.4 Å². The third kappa shape index (κ3) is 2.91. The van der Waals surface area contributed by atoms with Crippen LogP contribution >= 0.6 is 0 Å². The summed E-state index contributed by atoms with van der Waals surface area (Å²) in [7, 11) is 0. The van der Waals surface area contributed by atoms with Crippen LogP contribution in [-0.2, 0) is 19.5 Å². The normalized spacial score (nSPS) is 16.8.